The molecule has 1 heterocycles. The number of hydrogen-bond acceptors (Lipinski definition) is 3. The third-order valence-electron chi connectivity index (χ3n) is 3.46. The summed E-state index contributed by atoms with van der Waals surface area (Å²) in [6.07, 6.45) is 3.03. The Balaban J connectivity index is 1.65. The minimum Gasteiger partial charge on any atom is -0.449 e. The van der Waals surface area contributed by atoms with E-state index in [9.17, 15) is 4.79 Å². The van der Waals surface area contributed by atoms with Crippen molar-refractivity contribution < 1.29 is 9.53 Å². The molecule has 2 N–H and O–H groups in total. The highest BCUT2D eigenvalue weighted by molar-refractivity contribution is 5.84. The van der Waals surface area contributed by atoms with Gasteiger partial charge in [-0.15, -0.1) is 0 Å². The first-order valence-electron chi connectivity index (χ1n) is 6.95. The predicted octanol–water partition coefficient (Wildman–Crippen LogP) is 2.93. The molecular formula is C15H22N2O2. The van der Waals surface area contributed by atoms with Crippen molar-refractivity contribution in [3.63, 3.8) is 0 Å². The van der Waals surface area contributed by atoms with E-state index in [4.69, 9.17) is 4.74 Å². The summed E-state index contributed by atoms with van der Waals surface area (Å²) in [5.74, 6) is 0.640. The van der Waals surface area contributed by atoms with Crippen LogP contribution < -0.4 is 10.6 Å². The minimum absolute atomic E-state index is 0.368. The second kappa shape index (κ2) is 7.14. The molecule has 1 aromatic carbocycles. The molecule has 0 spiro atoms. The molecule has 1 unspecified atom stereocenters. The summed E-state index contributed by atoms with van der Waals surface area (Å²) < 4.78 is 5.20. The van der Waals surface area contributed by atoms with Crippen molar-refractivity contribution in [2.75, 3.05) is 25.0 Å². The lowest BCUT2D eigenvalue weighted by Crippen LogP contribution is -2.30. The van der Waals surface area contributed by atoms with E-state index in [1.165, 1.54) is 18.4 Å². The molecule has 4 heteroatoms. The van der Waals surface area contributed by atoms with Crippen LogP contribution in [0.5, 0.6) is 0 Å². The van der Waals surface area contributed by atoms with Gasteiger partial charge in [0.05, 0.1) is 6.61 Å². The fraction of sp³-hybridized carbons (Fsp3) is 0.533. The van der Waals surface area contributed by atoms with E-state index in [0.717, 1.165) is 25.2 Å². The van der Waals surface area contributed by atoms with Crippen LogP contribution in [0.1, 0.15) is 24.8 Å². The highest BCUT2D eigenvalue weighted by Gasteiger charge is 2.13. The summed E-state index contributed by atoms with van der Waals surface area (Å²) in [6.45, 7) is 4.67. The molecule has 1 aliphatic heterocycles. The fourth-order valence-corrected chi connectivity index (χ4v) is 2.28. The Morgan fingerprint density at radius 2 is 2.21 bits per heavy atom. The maximum absolute atomic E-state index is 11.6. The Hall–Kier alpha value is -1.55. The number of anilines is 1. The average Bonchev–Trinajstić information content (AvgIpc) is 2.43. The molecule has 1 aromatic rings. The van der Waals surface area contributed by atoms with Gasteiger partial charge >= 0.3 is 6.09 Å². The number of carbonyl (C=O) groups excluding carboxylic acids is 1. The number of amides is 1. The number of rotatable bonds is 4. The number of piperidine rings is 1. The highest BCUT2D eigenvalue weighted by atomic mass is 16.5. The van der Waals surface area contributed by atoms with E-state index in [1.54, 1.807) is 0 Å². The van der Waals surface area contributed by atoms with Gasteiger partial charge < -0.3 is 10.1 Å². The second-order valence-electron chi connectivity index (χ2n) is 5.13. The van der Waals surface area contributed by atoms with Crippen molar-refractivity contribution in [2.24, 2.45) is 5.92 Å². The van der Waals surface area contributed by atoms with E-state index in [1.807, 2.05) is 31.2 Å². The van der Waals surface area contributed by atoms with Crippen LogP contribution in [0.4, 0.5) is 10.5 Å². The van der Waals surface area contributed by atoms with Gasteiger partial charge in [-0.25, -0.2) is 4.79 Å². The molecule has 0 saturated carbocycles. The summed E-state index contributed by atoms with van der Waals surface area (Å²) in [5, 5.41) is 6.09. The number of aryl methyl sites for hydroxylation is 1. The highest BCUT2D eigenvalue weighted by Crippen LogP contribution is 2.14. The van der Waals surface area contributed by atoms with Crippen molar-refractivity contribution in [1.29, 1.82) is 0 Å². The number of carbonyl (C=O) groups is 1. The standard InChI is InChI=1S/C15H22N2O2/c1-12-4-6-14(7-5-12)17-15(18)19-10-8-13-3-2-9-16-11-13/h4-7,13,16H,2-3,8-11H2,1H3,(H,17,18). The van der Waals surface area contributed by atoms with E-state index in [0.29, 0.717) is 12.5 Å². The molecule has 2 rings (SSSR count). The molecule has 19 heavy (non-hydrogen) atoms. The summed E-state index contributed by atoms with van der Waals surface area (Å²) in [4.78, 5) is 11.6. The third-order valence-corrected chi connectivity index (χ3v) is 3.46. The summed E-state index contributed by atoms with van der Waals surface area (Å²) in [5.41, 5.74) is 1.94. The lowest BCUT2D eigenvalue weighted by molar-refractivity contribution is 0.150. The van der Waals surface area contributed by atoms with Crippen molar-refractivity contribution in [3.05, 3.63) is 29.8 Å². The van der Waals surface area contributed by atoms with E-state index >= 15 is 0 Å². The van der Waals surface area contributed by atoms with E-state index in [-0.39, 0.29) is 6.09 Å². The number of hydrogen-bond donors (Lipinski definition) is 2. The quantitative estimate of drug-likeness (QED) is 0.877. The summed E-state index contributed by atoms with van der Waals surface area (Å²) in [6, 6.07) is 7.68. The molecule has 1 amide bonds. The van der Waals surface area contributed by atoms with Crippen LogP contribution in [-0.2, 0) is 4.74 Å². The maximum atomic E-state index is 11.6. The third kappa shape index (κ3) is 4.91. The van der Waals surface area contributed by atoms with Crippen LogP contribution in [-0.4, -0.2) is 25.8 Å². The molecule has 0 aliphatic carbocycles. The first-order valence-corrected chi connectivity index (χ1v) is 6.95. The van der Waals surface area contributed by atoms with Crippen LogP contribution in [0.25, 0.3) is 0 Å². The van der Waals surface area contributed by atoms with Crippen LogP contribution in [0.3, 0.4) is 0 Å². The topological polar surface area (TPSA) is 50.4 Å². The molecule has 1 fully saturated rings. The lowest BCUT2D eigenvalue weighted by atomic mass is 9.97. The number of nitrogens with one attached hydrogen (secondary N) is 2. The molecule has 1 saturated heterocycles. The van der Waals surface area contributed by atoms with Gasteiger partial charge in [-0.2, -0.15) is 0 Å². The molecule has 0 aromatic heterocycles. The van der Waals surface area contributed by atoms with Crippen LogP contribution in [0, 0.1) is 12.8 Å². The Morgan fingerprint density at radius 1 is 1.42 bits per heavy atom. The zero-order valence-corrected chi connectivity index (χ0v) is 11.4. The summed E-state index contributed by atoms with van der Waals surface area (Å²) in [7, 11) is 0. The average molecular weight is 262 g/mol. The SMILES string of the molecule is Cc1ccc(NC(=O)OCCC2CCCNC2)cc1. The van der Waals surface area contributed by atoms with Gasteiger partial charge in [0, 0.05) is 5.69 Å². The first kappa shape index (κ1) is 13.9. The molecule has 1 atom stereocenters. The van der Waals surface area contributed by atoms with Gasteiger partial charge in [0.25, 0.3) is 0 Å². The Labute approximate surface area is 114 Å². The first-order chi connectivity index (χ1) is 9.24. The van der Waals surface area contributed by atoms with Crippen molar-refractivity contribution in [1.82, 2.24) is 5.32 Å². The van der Waals surface area contributed by atoms with Crippen molar-refractivity contribution in [2.45, 2.75) is 26.2 Å². The molecule has 0 radical (unpaired) electrons. The molecule has 4 nitrogen and oxygen atoms in total. The summed E-state index contributed by atoms with van der Waals surface area (Å²) >= 11 is 0. The largest absolute Gasteiger partial charge is 0.449 e. The zero-order valence-electron chi connectivity index (χ0n) is 11.4. The van der Waals surface area contributed by atoms with Crippen LogP contribution in [0.2, 0.25) is 0 Å². The van der Waals surface area contributed by atoms with Gasteiger partial charge in [0.2, 0.25) is 0 Å². The Morgan fingerprint density at radius 3 is 2.89 bits per heavy atom. The van der Waals surface area contributed by atoms with Crippen LogP contribution >= 0.6 is 0 Å². The molecule has 104 valence electrons. The monoisotopic (exact) mass is 262 g/mol. The Kier molecular flexibility index (Phi) is 5.21. The smallest absolute Gasteiger partial charge is 0.411 e. The van der Waals surface area contributed by atoms with E-state index < -0.39 is 0 Å². The van der Waals surface area contributed by atoms with Gasteiger partial charge in [0.1, 0.15) is 0 Å². The molecule has 1 aliphatic rings. The number of benzene rings is 1. The van der Waals surface area contributed by atoms with Crippen molar-refractivity contribution >= 4 is 11.8 Å². The van der Waals surface area contributed by atoms with Crippen LogP contribution in [0.15, 0.2) is 24.3 Å². The fourth-order valence-electron chi connectivity index (χ4n) is 2.28. The van der Waals surface area contributed by atoms with Gasteiger partial charge in [0.15, 0.2) is 0 Å². The zero-order chi connectivity index (χ0) is 13.5. The van der Waals surface area contributed by atoms with Gasteiger partial charge in [-0.05, 0) is 57.3 Å². The van der Waals surface area contributed by atoms with Gasteiger partial charge in [-0.1, -0.05) is 17.7 Å². The van der Waals surface area contributed by atoms with Crippen molar-refractivity contribution in [3.8, 4) is 0 Å². The lowest BCUT2D eigenvalue weighted by Gasteiger charge is -2.22. The van der Waals surface area contributed by atoms with E-state index in [2.05, 4.69) is 10.6 Å². The normalized spacial score (nSPS) is 18.9. The Bertz CT molecular complexity index is 397. The minimum atomic E-state index is -0.368. The maximum Gasteiger partial charge on any atom is 0.411 e. The van der Waals surface area contributed by atoms with Gasteiger partial charge in [-0.3, -0.25) is 5.32 Å². The molecular weight excluding hydrogens is 240 g/mol. The molecule has 0 bridgehead atoms. The predicted molar refractivity (Wildman–Crippen MR) is 76.4 cm³/mol. The number of ether oxygens (including phenoxy) is 1. The second-order valence-corrected chi connectivity index (χ2v) is 5.13.